The van der Waals surface area contributed by atoms with Crippen molar-refractivity contribution in [1.29, 1.82) is 0 Å². The molecule has 0 radical (unpaired) electrons. The number of benzene rings is 3. The van der Waals surface area contributed by atoms with Crippen molar-refractivity contribution >= 4 is 27.8 Å². The minimum atomic E-state index is 0.624. The zero-order valence-electron chi connectivity index (χ0n) is 14.9. The second-order valence-electron chi connectivity index (χ2n) is 6.29. The average Bonchev–Trinajstić information content (AvgIpc) is 3.33. The van der Waals surface area contributed by atoms with Gasteiger partial charge in [0, 0.05) is 10.9 Å². The molecule has 0 fully saturated rings. The Morgan fingerprint density at radius 2 is 1.29 bits per heavy atom. The van der Waals surface area contributed by atoms with Crippen molar-refractivity contribution in [2.45, 2.75) is 0 Å². The van der Waals surface area contributed by atoms with E-state index in [2.05, 4.69) is 44.3 Å². The highest BCUT2D eigenvalue weighted by atomic mass is 32.1. The molecule has 0 spiro atoms. The van der Waals surface area contributed by atoms with Gasteiger partial charge in [0.15, 0.2) is 4.96 Å². The molecule has 0 amide bonds. The van der Waals surface area contributed by atoms with Crippen LogP contribution in [0.2, 0.25) is 0 Å². The van der Waals surface area contributed by atoms with Crippen LogP contribution in [0.15, 0.2) is 107 Å². The van der Waals surface area contributed by atoms with Crippen LogP contribution in [0.5, 0.6) is 0 Å². The lowest BCUT2D eigenvalue weighted by molar-refractivity contribution is 1.18. The summed E-state index contributed by atoms with van der Waals surface area (Å²) >= 11 is 1.61. The largest absolute Gasteiger partial charge is 0.280 e. The number of nitrogens with zero attached hydrogens (tertiary/aromatic N) is 4. The van der Waals surface area contributed by atoms with Gasteiger partial charge < -0.3 is 0 Å². The second kappa shape index (κ2) is 7.21. The van der Waals surface area contributed by atoms with Gasteiger partial charge in [-0.3, -0.25) is 4.40 Å². The van der Waals surface area contributed by atoms with E-state index < -0.39 is 0 Å². The lowest BCUT2D eigenvalue weighted by Gasteiger charge is -2.05. The summed E-state index contributed by atoms with van der Waals surface area (Å²) < 4.78 is 2.18. The van der Waals surface area contributed by atoms with Crippen molar-refractivity contribution in [1.82, 2.24) is 9.38 Å². The maximum absolute atomic E-state index is 4.77. The van der Waals surface area contributed by atoms with Crippen molar-refractivity contribution in [3.8, 4) is 22.5 Å². The molecule has 0 aliphatic carbocycles. The molecule has 2 heterocycles. The molecule has 0 aliphatic rings. The smallest absolute Gasteiger partial charge is 0.202 e. The number of hydrogen-bond donors (Lipinski definition) is 0. The van der Waals surface area contributed by atoms with E-state index in [0.717, 1.165) is 33.2 Å². The van der Waals surface area contributed by atoms with Crippen molar-refractivity contribution in [3.05, 3.63) is 96.4 Å². The summed E-state index contributed by atoms with van der Waals surface area (Å²) in [7, 11) is 0. The number of azo groups is 1. The van der Waals surface area contributed by atoms with Gasteiger partial charge in [0.05, 0.1) is 11.4 Å². The van der Waals surface area contributed by atoms with Crippen LogP contribution in [-0.4, -0.2) is 9.38 Å². The Bertz CT molecular complexity index is 1240. The van der Waals surface area contributed by atoms with Gasteiger partial charge in [0.1, 0.15) is 5.69 Å². The molecule has 5 rings (SSSR count). The number of thiazole rings is 1. The SMILES string of the molecule is c1ccc(N=Nc2nc3scc(-c4ccccc4)n3c2-c2ccccc2)cc1. The predicted molar refractivity (Wildman–Crippen MR) is 115 cm³/mol. The highest BCUT2D eigenvalue weighted by Crippen LogP contribution is 2.38. The number of hydrogen-bond acceptors (Lipinski definition) is 4. The first-order valence-electron chi connectivity index (χ1n) is 8.98. The molecule has 0 N–H and O–H groups in total. The van der Waals surface area contributed by atoms with Crippen LogP contribution in [0.1, 0.15) is 0 Å². The molecule has 5 heteroatoms. The lowest BCUT2D eigenvalue weighted by Crippen LogP contribution is -1.89. The third-order valence-electron chi connectivity index (χ3n) is 4.48. The zero-order valence-corrected chi connectivity index (χ0v) is 15.8. The average molecular weight is 380 g/mol. The van der Waals surface area contributed by atoms with E-state index in [1.165, 1.54) is 0 Å². The van der Waals surface area contributed by atoms with Gasteiger partial charge in [-0.05, 0) is 17.7 Å². The molecule has 5 aromatic rings. The molecule has 0 aliphatic heterocycles. The molecule has 4 nitrogen and oxygen atoms in total. The van der Waals surface area contributed by atoms with E-state index in [1.807, 2.05) is 66.7 Å². The monoisotopic (exact) mass is 380 g/mol. The van der Waals surface area contributed by atoms with Gasteiger partial charge in [0.2, 0.25) is 5.82 Å². The Morgan fingerprint density at radius 1 is 0.679 bits per heavy atom. The first-order valence-corrected chi connectivity index (χ1v) is 9.86. The number of aromatic nitrogens is 2. The number of fused-ring (bicyclic) bond motifs is 1. The van der Waals surface area contributed by atoms with Gasteiger partial charge in [-0.25, -0.2) is 0 Å². The summed E-state index contributed by atoms with van der Waals surface area (Å²) in [5.74, 6) is 0.624. The molecule has 0 saturated heterocycles. The van der Waals surface area contributed by atoms with Crippen molar-refractivity contribution in [2.24, 2.45) is 10.2 Å². The maximum Gasteiger partial charge on any atom is 0.202 e. The van der Waals surface area contributed by atoms with E-state index in [0.29, 0.717) is 5.82 Å². The lowest BCUT2D eigenvalue weighted by atomic mass is 10.1. The van der Waals surface area contributed by atoms with Gasteiger partial charge in [0.25, 0.3) is 0 Å². The quantitative estimate of drug-likeness (QED) is 0.305. The Labute approximate surface area is 166 Å². The summed E-state index contributed by atoms with van der Waals surface area (Å²) in [5.41, 5.74) is 5.08. The normalized spacial score (nSPS) is 11.4. The van der Waals surface area contributed by atoms with Crippen LogP contribution in [0.3, 0.4) is 0 Å². The van der Waals surface area contributed by atoms with Gasteiger partial charge in [-0.15, -0.1) is 21.6 Å². The molecule has 0 atom stereocenters. The Balaban J connectivity index is 1.73. The third kappa shape index (κ3) is 3.02. The standard InChI is InChI=1S/C23H16N4S/c1-4-10-17(11-5-1)20-16-28-23-24-22(26-25-19-14-8-3-9-15-19)21(27(20)23)18-12-6-2-7-13-18/h1-16H. The van der Waals surface area contributed by atoms with E-state index in [-0.39, 0.29) is 0 Å². The summed E-state index contributed by atoms with van der Waals surface area (Å²) in [6, 6.07) is 30.3. The van der Waals surface area contributed by atoms with Gasteiger partial charge in [-0.1, -0.05) is 78.9 Å². The fourth-order valence-electron chi connectivity index (χ4n) is 3.18. The van der Waals surface area contributed by atoms with Crippen molar-refractivity contribution in [3.63, 3.8) is 0 Å². The first-order chi connectivity index (χ1) is 13.9. The summed E-state index contributed by atoms with van der Waals surface area (Å²) in [6.45, 7) is 0. The predicted octanol–water partition coefficient (Wildman–Crippen LogP) is 7.15. The second-order valence-corrected chi connectivity index (χ2v) is 7.13. The molecule has 0 bridgehead atoms. The Hall–Kier alpha value is -3.57. The van der Waals surface area contributed by atoms with E-state index in [9.17, 15) is 0 Å². The minimum Gasteiger partial charge on any atom is -0.280 e. The van der Waals surface area contributed by atoms with Gasteiger partial charge in [-0.2, -0.15) is 4.98 Å². The molecule has 2 aromatic heterocycles. The Morgan fingerprint density at radius 3 is 1.96 bits per heavy atom. The van der Waals surface area contributed by atoms with Crippen LogP contribution < -0.4 is 0 Å². The summed E-state index contributed by atoms with van der Waals surface area (Å²) in [6.07, 6.45) is 0. The van der Waals surface area contributed by atoms with E-state index in [4.69, 9.17) is 4.98 Å². The number of rotatable bonds is 4. The summed E-state index contributed by atoms with van der Waals surface area (Å²) in [4.78, 5) is 5.67. The molecule has 28 heavy (non-hydrogen) atoms. The van der Waals surface area contributed by atoms with Crippen LogP contribution in [0.4, 0.5) is 11.5 Å². The highest BCUT2D eigenvalue weighted by Gasteiger charge is 2.19. The van der Waals surface area contributed by atoms with Crippen molar-refractivity contribution in [2.75, 3.05) is 0 Å². The van der Waals surface area contributed by atoms with Crippen LogP contribution in [0.25, 0.3) is 27.5 Å². The van der Waals surface area contributed by atoms with Crippen molar-refractivity contribution < 1.29 is 0 Å². The third-order valence-corrected chi connectivity index (χ3v) is 5.30. The van der Waals surface area contributed by atoms with E-state index >= 15 is 0 Å². The zero-order chi connectivity index (χ0) is 18.8. The fraction of sp³-hybridized carbons (Fsp3) is 0. The van der Waals surface area contributed by atoms with Crippen LogP contribution in [0, 0.1) is 0 Å². The molecule has 0 unspecified atom stereocenters. The maximum atomic E-state index is 4.77. The molecule has 0 saturated carbocycles. The Kier molecular flexibility index (Phi) is 4.27. The summed E-state index contributed by atoms with van der Waals surface area (Å²) in [5, 5.41) is 11.0. The molecular weight excluding hydrogens is 364 g/mol. The number of imidazole rings is 1. The topological polar surface area (TPSA) is 42.0 Å². The molecule has 3 aromatic carbocycles. The minimum absolute atomic E-state index is 0.624. The van der Waals surface area contributed by atoms with Crippen LogP contribution >= 0.6 is 11.3 Å². The van der Waals surface area contributed by atoms with Gasteiger partial charge >= 0.3 is 0 Å². The van der Waals surface area contributed by atoms with Crippen LogP contribution in [-0.2, 0) is 0 Å². The fourth-order valence-corrected chi connectivity index (χ4v) is 4.08. The van der Waals surface area contributed by atoms with E-state index in [1.54, 1.807) is 11.3 Å². The molecule has 134 valence electrons. The first kappa shape index (κ1) is 16.6. The molecular formula is C23H16N4S. The highest BCUT2D eigenvalue weighted by molar-refractivity contribution is 7.15.